The van der Waals surface area contributed by atoms with Gasteiger partial charge in [-0.1, -0.05) is 23.2 Å². The second-order valence-electron chi connectivity index (χ2n) is 3.32. The monoisotopic (exact) mass is 275 g/mol. The van der Waals surface area contributed by atoms with Crippen molar-refractivity contribution in [3.63, 3.8) is 0 Å². The first-order chi connectivity index (χ1) is 7.86. The van der Waals surface area contributed by atoms with Crippen LogP contribution in [0, 0.1) is 0 Å². The third-order valence-corrected chi connectivity index (χ3v) is 3.16. The molecule has 1 aliphatic rings. The number of aromatic hydroxyl groups is 2. The maximum atomic E-state index is 11.2. The van der Waals surface area contributed by atoms with E-state index in [-0.39, 0.29) is 10.6 Å². The highest BCUT2D eigenvalue weighted by atomic mass is 35.5. The Kier molecular flexibility index (Phi) is 2.52. The van der Waals surface area contributed by atoms with Crippen molar-refractivity contribution in [1.82, 2.24) is 0 Å². The molecule has 0 fully saturated rings. The van der Waals surface area contributed by atoms with Crippen molar-refractivity contribution in [3.05, 3.63) is 27.2 Å². The topological polar surface area (TPSA) is 99.2 Å². The van der Waals surface area contributed by atoms with Gasteiger partial charge in [0.15, 0.2) is 5.75 Å². The van der Waals surface area contributed by atoms with E-state index in [1.807, 2.05) is 0 Å². The zero-order chi connectivity index (χ0) is 12.9. The van der Waals surface area contributed by atoms with E-state index in [4.69, 9.17) is 23.2 Å². The molecular formula is C10H5Cl2O5+. The Morgan fingerprint density at radius 1 is 1.00 bits per heavy atom. The minimum absolute atomic E-state index is 0.339. The number of benzene rings is 1. The first kappa shape index (κ1) is 11.8. The summed E-state index contributed by atoms with van der Waals surface area (Å²) in [6.45, 7) is 0. The van der Waals surface area contributed by atoms with Gasteiger partial charge in [0.1, 0.15) is 27.1 Å². The summed E-state index contributed by atoms with van der Waals surface area (Å²) in [6, 6.07) is 0. The molecule has 0 amide bonds. The summed E-state index contributed by atoms with van der Waals surface area (Å²) in [5.74, 6) is -3.67. The summed E-state index contributed by atoms with van der Waals surface area (Å²) in [5, 5.41) is 28.0. The number of phenols is 2. The fourth-order valence-corrected chi connectivity index (χ4v) is 1.90. The van der Waals surface area contributed by atoms with Crippen molar-refractivity contribution in [1.29, 1.82) is 0 Å². The van der Waals surface area contributed by atoms with E-state index in [1.54, 1.807) is 0 Å². The van der Waals surface area contributed by atoms with Gasteiger partial charge in [-0.2, -0.15) is 0 Å². The SMILES string of the molecule is O=C1C=C(O)c2c(O)c(Cl)c(Cl)c(O)c2C1=[OH+]. The minimum Gasteiger partial charge on any atom is -0.507 e. The van der Waals surface area contributed by atoms with Gasteiger partial charge >= 0.3 is 5.78 Å². The molecule has 4 N–H and O–H groups in total. The predicted octanol–water partition coefficient (Wildman–Crippen LogP) is 1.78. The lowest BCUT2D eigenvalue weighted by Crippen LogP contribution is -2.20. The Morgan fingerprint density at radius 3 is 2.00 bits per heavy atom. The van der Waals surface area contributed by atoms with Gasteiger partial charge in [-0.25, -0.2) is 0 Å². The third-order valence-electron chi connectivity index (χ3n) is 2.33. The number of carbonyl (C=O) groups is 1. The number of halogens is 2. The first-order valence-electron chi connectivity index (χ1n) is 4.30. The van der Waals surface area contributed by atoms with Crippen molar-refractivity contribution in [3.8, 4) is 11.5 Å². The molecule has 7 heteroatoms. The average Bonchev–Trinajstić information content (AvgIpc) is 2.28. The lowest BCUT2D eigenvalue weighted by Gasteiger charge is -2.14. The van der Waals surface area contributed by atoms with Crippen molar-refractivity contribution in [2.75, 3.05) is 0 Å². The number of hydrogen-bond acceptors (Lipinski definition) is 4. The van der Waals surface area contributed by atoms with Gasteiger partial charge in [0, 0.05) is 6.08 Å². The van der Waals surface area contributed by atoms with Gasteiger partial charge in [0.05, 0.1) is 5.56 Å². The lowest BCUT2D eigenvalue weighted by atomic mass is 9.92. The van der Waals surface area contributed by atoms with E-state index >= 15 is 0 Å². The van der Waals surface area contributed by atoms with Crippen molar-refractivity contribution in [2.24, 2.45) is 0 Å². The van der Waals surface area contributed by atoms with Gasteiger partial charge in [0.2, 0.25) is 0 Å². The summed E-state index contributed by atoms with van der Waals surface area (Å²) in [6.07, 6.45) is 0.695. The van der Waals surface area contributed by atoms with Crippen LogP contribution >= 0.6 is 23.2 Å². The molecule has 1 aromatic rings. The normalized spacial score (nSPS) is 14.6. The van der Waals surface area contributed by atoms with Crippen LogP contribution < -0.4 is 0 Å². The molecular weight excluding hydrogens is 271 g/mol. The highest BCUT2D eigenvalue weighted by molar-refractivity contribution is 6.53. The first-order valence-corrected chi connectivity index (χ1v) is 5.06. The molecule has 1 aliphatic carbocycles. The third kappa shape index (κ3) is 1.47. The summed E-state index contributed by atoms with van der Waals surface area (Å²) in [5.41, 5.74) is -0.782. The number of ketones is 2. The molecule has 0 saturated heterocycles. The molecule has 88 valence electrons. The lowest BCUT2D eigenvalue weighted by molar-refractivity contribution is -0.109. The van der Waals surface area contributed by atoms with Crippen molar-refractivity contribution < 1.29 is 24.9 Å². The van der Waals surface area contributed by atoms with Crippen LogP contribution in [0.5, 0.6) is 11.5 Å². The van der Waals surface area contributed by atoms with E-state index < -0.39 is 39.4 Å². The molecule has 17 heavy (non-hydrogen) atoms. The van der Waals surface area contributed by atoms with E-state index in [0.29, 0.717) is 6.08 Å². The van der Waals surface area contributed by atoms with Gasteiger partial charge < -0.3 is 15.3 Å². The number of hydrogen-bond donors (Lipinski definition) is 3. The maximum Gasteiger partial charge on any atom is 0.398 e. The zero-order valence-corrected chi connectivity index (χ0v) is 9.54. The van der Waals surface area contributed by atoms with E-state index in [2.05, 4.69) is 0 Å². The molecule has 1 aromatic carbocycles. The molecule has 5 nitrogen and oxygen atoms in total. The summed E-state index contributed by atoms with van der Waals surface area (Å²) < 4.78 is 0. The number of carbonyl (C=O) groups excluding carboxylic acids is 2. The van der Waals surface area contributed by atoms with Crippen LogP contribution in [0.15, 0.2) is 6.08 Å². The average molecular weight is 276 g/mol. The number of phenolic OH excluding ortho intramolecular Hbond substituents is 2. The highest BCUT2D eigenvalue weighted by Gasteiger charge is 2.38. The molecule has 0 spiro atoms. The predicted molar refractivity (Wildman–Crippen MR) is 61.4 cm³/mol. The Bertz CT molecular complexity index is 603. The van der Waals surface area contributed by atoms with Gasteiger partial charge in [-0.05, 0) is 0 Å². The molecule has 0 aliphatic heterocycles. The van der Waals surface area contributed by atoms with Crippen molar-refractivity contribution >= 4 is 40.5 Å². The molecule has 0 radical (unpaired) electrons. The molecule has 2 rings (SSSR count). The van der Waals surface area contributed by atoms with Gasteiger partial charge in [-0.15, -0.1) is 0 Å². The van der Waals surface area contributed by atoms with Crippen LogP contribution in [0.1, 0.15) is 11.1 Å². The second kappa shape index (κ2) is 3.65. The standard InChI is InChI=1S/C10H4Cl2O5/c11-6-7(12)10(17)5-4(9(6)16)2(13)1-3(14)8(5)15/h1,13,16-17H/p+1. The summed E-state index contributed by atoms with van der Waals surface area (Å²) in [4.78, 5) is 20.7. The van der Waals surface area contributed by atoms with Crippen molar-refractivity contribution in [2.45, 2.75) is 0 Å². The van der Waals surface area contributed by atoms with Gasteiger partial charge in [0.25, 0.3) is 5.78 Å². The van der Waals surface area contributed by atoms with Crippen LogP contribution in [0.4, 0.5) is 0 Å². The van der Waals surface area contributed by atoms with Gasteiger partial charge in [-0.3, -0.25) is 9.59 Å². The maximum absolute atomic E-state index is 11.2. The largest absolute Gasteiger partial charge is 0.507 e. The molecule has 0 unspecified atom stereocenters. The Hall–Kier alpha value is -1.72. The fraction of sp³-hybridized carbons (Fsp3) is 0. The number of fused-ring (bicyclic) bond motifs is 1. The number of allylic oxidation sites excluding steroid dienone is 1. The number of aliphatic hydroxyl groups is 1. The zero-order valence-electron chi connectivity index (χ0n) is 8.03. The van der Waals surface area contributed by atoms with Crippen LogP contribution in [-0.4, -0.2) is 31.7 Å². The second-order valence-corrected chi connectivity index (χ2v) is 4.07. The van der Waals surface area contributed by atoms with Crippen LogP contribution in [0.25, 0.3) is 5.76 Å². The molecule has 0 aromatic heterocycles. The molecule has 0 heterocycles. The van der Waals surface area contributed by atoms with Crippen LogP contribution in [-0.2, 0) is 4.79 Å². The van der Waals surface area contributed by atoms with E-state index in [9.17, 15) is 24.9 Å². The van der Waals surface area contributed by atoms with Crippen LogP contribution in [0.2, 0.25) is 10.0 Å². The summed E-state index contributed by atoms with van der Waals surface area (Å²) in [7, 11) is 0. The molecule has 0 atom stereocenters. The minimum atomic E-state index is -0.914. The van der Waals surface area contributed by atoms with Crippen LogP contribution in [0.3, 0.4) is 0 Å². The molecule has 0 bridgehead atoms. The quantitative estimate of drug-likeness (QED) is 0.382. The Labute approximate surface area is 105 Å². The molecule has 0 saturated carbocycles. The fourth-order valence-electron chi connectivity index (χ4n) is 1.53. The number of aliphatic hydroxyl groups excluding tert-OH is 1. The Balaban J connectivity index is 2.96. The Morgan fingerprint density at radius 2 is 1.47 bits per heavy atom. The van der Waals surface area contributed by atoms with E-state index in [0.717, 1.165) is 0 Å². The highest BCUT2D eigenvalue weighted by Crippen LogP contribution is 2.47. The summed E-state index contributed by atoms with van der Waals surface area (Å²) >= 11 is 11.2. The number of rotatable bonds is 0. The van der Waals surface area contributed by atoms with E-state index in [1.165, 1.54) is 0 Å². The smallest absolute Gasteiger partial charge is 0.398 e.